The largest absolute Gasteiger partial charge is 0.395 e. The fraction of sp³-hybridized carbons (Fsp3) is 0.923. The Morgan fingerprint density at radius 2 is 2.24 bits per heavy atom. The zero-order valence-electron chi connectivity index (χ0n) is 10.7. The molecule has 0 unspecified atom stereocenters. The molecule has 2 N–H and O–H groups in total. The Hall–Kier alpha value is -0.610. The first-order valence-electron chi connectivity index (χ1n) is 6.77. The smallest absolute Gasteiger partial charge is 0.228 e. The maximum atomic E-state index is 11.8. The predicted molar refractivity (Wildman–Crippen MR) is 66.6 cm³/mol. The summed E-state index contributed by atoms with van der Waals surface area (Å²) < 4.78 is 0. The molecule has 2 fully saturated rings. The van der Waals surface area contributed by atoms with Crippen molar-refractivity contribution in [1.29, 1.82) is 0 Å². The van der Waals surface area contributed by atoms with E-state index in [-0.39, 0.29) is 12.5 Å². The summed E-state index contributed by atoms with van der Waals surface area (Å²) in [4.78, 5) is 14.2. The monoisotopic (exact) mass is 240 g/mol. The van der Waals surface area contributed by atoms with E-state index in [1.807, 2.05) is 0 Å². The highest BCUT2D eigenvalue weighted by Crippen LogP contribution is 2.45. The second-order valence-corrected chi connectivity index (χ2v) is 5.61. The van der Waals surface area contributed by atoms with E-state index in [0.717, 1.165) is 25.8 Å². The molecule has 1 heterocycles. The van der Waals surface area contributed by atoms with Crippen LogP contribution in [0, 0.1) is 5.41 Å². The number of amides is 1. The van der Waals surface area contributed by atoms with Gasteiger partial charge in [0.2, 0.25) is 5.91 Å². The fourth-order valence-corrected chi connectivity index (χ4v) is 2.66. The van der Waals surface area contributed by atoms with Crippen LogP contribution in [0.15, 0.2) is 0 Å². The minimum atomic E-state index is -0.418. The van der Waals surface area contributed by atoms with E-state index in [2.05, 4.69) is 17.3 Å². The lowest BCUT2D eigenvalue weighted by Gasteiger charge is -2.32. The van der Waals surface area contributed by atoms with E-state index in [9.17, 15) is 4.79 Å². The molecule has 2 aliphatic rings. The maximum absolute atomic E-state index is 11.8. The lowest BCUT2D eigenvalue weighted by atomic mass is 10.00. The molecular weight excluding hydrogens is 216 g/mol. The van der Waals surface area contributed by atoms with Crippen LogP contribution in [0.4, 0.5) is 0 Å². The van der Waals surface area contributed by atoms with Gasteiger partial charge in [-0.05, 0) is 45.7 Å². The van der Waals surface area contributed by atoms with Gasteiger partial charge in [-0.1, -0.05) is 6.42 Å². The second kappa shape index (κ2) is 5.36. The number of aliphatic hydroxyl groups is 1. The third kappa shape index (κ3) is 2.99. The Labute approximate surface area is 103 Å². The number of nitrogens with one attached hydrogen (secondary N) is 1. The molecule has 1 atom stereocenters. The Morgan fingerprint density at radius 1 is 1.47 bits per heavy atom. The van der Waals surface area contributed by atoms with Crippen molar-refractivity contribution in [2.75, 3.05) is 26.7 Å². The molecule has 1 aliphatic carbocycles. The normalized spacial score (nSPS) is 27.8. The first-order valence-corrected chi connectivity index (χ1v) is 6.77. The summed E-state index contributed by atoms with van der Waals surface area (Å²) >= 11 is 0. The van der Waals surface area contributed by atoms with Gasteiger partial charge in [-0.3, -0.25) is 4.79 Å². The molecule has 0 radical (unpaired) electrons. The van der Waals surface area contributed by atoms with Crippen molar-refractivity contribution in [3.63, 3.8) is 0 Å². The van der Waals surface area contributed by atoms with Crippen LogP contribution in [0.1, 0.15) is 38.5 Å². The standard InChI is InChI=1S/C13H24N2O2/c1-15-9-3-2-4-11(15)5-8-14-12(17)13(10-16)6-7-13/h11,16H,2-10H2,1H3,(H,14,17)/t11-/m1/s1. The number of hydrogen-bond donors (Lipinski definition) is 2. The SMILES string of the molecule is CN1CCCC[C@@H]1CCNC(=O)C1(CO)CC1. The molecule has 1 amide bonds. The molecule has 1 saturated carbocycles. The molecule has 98 valence electrons. The van der Waals surface area contributed by atoms with Crippen LogP contribution in [0.25, 0.3) is 0 Å². The molecule has 2 rings (SSSR count). The van der Waals surface area contributed by atoms with Gasteiger partial charge in [0.05, 0.1) is 12.0 Å². The Bertz CT molecular complexity index is 277. The third-order valence-corrected chi connectivity index (χ3v) is 4.32. The zero-order valence-corrected chi connectivity index (χ0v) is 10.7. The number of likely N-dealkylation sites (tertiary alicyclic amines) is 1. The quantitative estimate of drug-likeness (QED) is 0.745. The Morgan fingerprint density at radius 3 is 2.82 bits per heavy atom. The van der Waals surface area contributed by atoms with Crippen LogP contribution in [-0.2, 0) is 4.79 Å². The van der Waals surface area contributed by atoms with Gasteiger partial charge in [0, 0.05) is 12.6 Å². The van der Waals surface area contributed by atoms with Crippen molar-refractivity contribution in [2.45, 2.75) is 44.6 Å². The van der Waals surface area contributed by atoms with E-state index in [4.69, 9.17) is 5.11 Å². The van der Waals surface area contributed by atoms with Crippen molar-refractivity contribution in [2.24, 2.45) is 5.41 Å². The first-order chi connectivity index (χ1) is 8.18. The van der Waals surface area contributed by atoms with Gasteiger partial charge >= 0.3 is 0 Å². The molecule has 17 heavy (non-hydrogen) atoms. The number of carbonyl (C=O) groups excluding carboxylic acids is 1. The van der Waals surface area contributed by atoms with Gasteiger partial charge in [0.15, 0.2) is 0 Å². The number of piperidine rings is 1. The van der Waals surface area contributed by atoms with Crippen LogP contribution in [-0.4, -0.2) is 48.7 Å². The molecule has 1 saturated heterocycles. The number of nitrogens with zero attached hydrogens (tertiary/aromatic N) is 1. The van der Waals surface area contributed by atoms with Crippen molar-refractivity contribution in [3.8, 4) is 0 Å². The maximum Gasteiger partial charge on any atom is 0.228 e. The van der Waals surface area contributed by atoms with Crippen molar-refractivity contribution in [3.05, 3.63) is 0 Å². The minimum Gasteiger partial charge on any atom is -0.395 e. The van der Waals surface area contributed by atoms with E-state index < -0.39 is 5.41 Å². The van der Waals surface area contributed by atoms with Gasteiger partial charge < -0.3 is 15.3 Å². The zero-order chi connectivity index (χ0) is 12.3. The molecule has 0 bridgehead atoms. The van der Waals surface area contributed by atoms with Gasteiger partial charge in [0.1, 0.15) is 0 Å². The van der Waals surface area contributed by atoms with E-state index in [1.54, 1.807) is 0 Å². The highest BCUT2D eigenvalue weighted by molar-refractivity contribution is 5.85. The summed E-state index contributed by atoms with van der Waals surface area (Å²) in [6, 6.07) is 0.619. The molecule has 4 nitrogen and oxygen atoms in total. The number of carbonyl (C=O) groups is 1. The summed E-state index contributed by atoms with van der Waals surface area (Å²) in [5, 5.41) is 12.1. The summed E-state index contributed by atoms with van der Waals surface area (Å²) in [5.74, 6) is 0.0541. The van der Waals surface area contributed by atoms with Crippen molar-refractivity contribution >= 4 is 5.91 Å². The van der Waals surface area contributed by atoms with E-state index in [0.29, 0.717) is 6.04 Å². The molecule has 0 spiro atoms. The van der Waals surface area contributed by atoms with Crippen LogP contribution >= 0.6 is 0 Å². The summed E-state index contributed by atoms with van der Waals surface area (Å²) in [5.41, 5.74) is -0.418. The van der Waals surface area contributed by atoms with Gasteiger partial charge in [-0.2, -0.15) is 0 Å². The molecule has 0 aromatic rings. The van der Waals surface area contributed by atoms with Crippen molar-refractivity contribution in [1.82, 2.24) is 10.2 Å². The lowest BCUT2D eigenvalue weighted by Crippen LogP contribution is -2.40. The summed E-state index contributed by atoms with van der Waals surface area (Å²) in [6.45, 7) is 1.93. The van der Waals surface area contributed by atoms with Gasteiger partial charge in [-0.15, -0.1) is 0 Å². The first kappa shape index (κ1) is 12.8. The average Bonchev–Trinajstić information content (AvgIpc) is 3.12. The molecule has 1 aliphatic heterocycles. The molecule has 0 aromatic heterocycles. The lowest BCUT2D eigenvalue weighted by molar-refractivity contribution is -0.127. The predicted octanol–water partition coefficient (Wildman–Crippen LogP) is 0.749. The summed E-state index contributed by atoms with van der Waals surface area (Å²) in [6.07, 6.45) is 6.58. The van der Waals surface area contributed by atoms with Crippen LogP contribution < -0.4 is 5.32 Å². The van der Waals surface area contributed by atoms with Crippen LogP contribution in [0.3, 0.4) is 0 Å². The van der Waals surface area contributed by atoms with E-state index in [1.165, 1.54) is 25.8 Å². The number of aliphatic hydroxyl groups excluding tert-OH is 1. The second-order valence-electron chi connectivity index (χ2n) is 5.61. The van der Waals surface area contributed by atoms with Crippen LogP contribution in [0.2, 0.25) is 0 Å². The van der Waals surface area contributed by atoms with E-state index >= 15 is 0 Å². The molecule has 4 heteroatoms. The minimum absolute atomic E-state index is 0.00215. The molecule has 0 aromatic carbocycles. The highest BCUT2D eigenvalue weighted by Gasteiger charge is 2.49. The van der Waals surface area contributed by atoms with Crippen molar-refractivity contribution < 1.29 is 9.90 Å². The summed E-state index contributed by atoms with van der Waals surface area (Å²) in [7, 11) is 2.17. The molecular formula is C13H24N2O2. The topological polar surface area (TPSA) is 52.6 Å². The number of rotatable bonds is 5. The third-order valence-electron chi connectivity index (χ3n) is 4.32. The fourth-order valence-electron chi connectivity index (χ4n) is 2.66. The Kier molecular flexibility index (Phi) is 4.05. The highest BCUT2D eigenvalue weighted by atomic mass is 16.3. The number of hydrogen-bond acceptors (Lipinski definition) is 3. The van der Waals surface area contributed by atoms with Crippen LogP contribution in [0.5, 0.6) is 0 Å². The average molecular weight is 240 g/mol. The van der Waals surface area contributed by atoms with Gasteiger partial charge in [0.25, 0.3) is 0 Å². The van der Waals surface area contributed by atoms with Gasteiger partial charge in [-0.25, -0.2) is 0 Å². The Balaban J connectivity index is 1.67.